The number of H-pyrrole nitrogens is 1. The Morgan fingerprint density at radius 2 is 2.12 bits per heavy atom. The smallest absolute Gasteiger partial charge is 0.125 e. The highest BCUT2D eigenvalue weighted by atomic mass is 19.1. The number of hydrogen-bond acceptors (Lipinski definition) is 3. The maximum atomic E-state index is 13.2. The zero-order chi connectivity index (χ0) is 11.7. The van der Waals surface area contributed by atoms with Crippen LogP contribution in [-0.2, 0) is 0 Å². The van der Waals surface area contributed by atoms with Crippen LogP contribution < -0.4 is 10.6 Å². The molecule has 5 heteroatoms. The van der Waals surface area contributed by atoms with E-state index in [4.69, 9.17) is 5.73 Å². The topological polar surface area (TPSA) is 57.9 Å². The number of nitrogen functional groups attached to an aromatic ring is 1. The number of anilines is 2. The third-order valence-electron chi connectivity index (χ3n) is 2.38. The summed E-state index contributed by atoms with van der Waals surface area (Å²) in [5, 5.41) is 6.67. The van der Waals surface area contributed by atoms with Crippen LogP contribution in [0.5, 0.6) is 0 Å². The number of hydrogen-bond donors (Lipinski definition) is 2. The van der Waals surface area contributed by atoms with Crippen LogP contribution in [0, 0.1) is 5.82 Å². The molecule has 0 aliphatic rings. The molecule has 0 atom stereocenters. The van der Waals surface area contributed by atoms with Gasteiger partial charge in [-0.15, -0.1) is 0 Å². The molecule has 0 radical (unpaired) electrons. The number of nitrogens with zero attached hydrogens (tertiary/aromatic N) is 2. The third-order valence-corrected chi connectivity index (χ3v) is 2.38. The van der Waals surface area contributed by atoms with Crippen LogP contribution in [-0.4, -0.2) is 24.3 Å². The summed E-state index contributed by atoms with van der Waals surface area (Å²) in [6.45, 7) is 0. The number of aromatic amines is 1. The van der Waals surface area contributed by atoms with Crippen LogP contribution in [0.2, 0.25) is 0 Å². The molecule has 2 rings (SSSR count). The number of benzene rings is 1. The van der Waals surface area contributed by atoms with Gasteiger partial charge >= 0.3 is 0 Å². The molecule has 84 valence electrons. The minimum Gasteiger partial charge on any atom is -0.396 e. The largest absolute Gasteiger partial charge is 0.396 e. The van der Waals surface area contributed by atoms with E-state index in [-0.39, 0.29) is 5.82 Å². The molecular weight excluding hydrogens is 207 g/mol. The van der Waals surface area contributed by atoms with Gasteiger partial charge in [0.05, 0.1) is 17.6 Å². The summed E-state index contributed by atoms with van der Waals surface area (Å²) in [6, 6.07) is 4.56. The summed E-state index contributed by atoms with van der Waals surface area (Å²) in [6.07, 6.45) is 1.54. The Bertz CT molecular complexity index is 504. The van der Waals surface area contributed by atoms with Crippen LogP contribution in [0.25, 0.3) is 11.3 Å². The monoisotopic (exact) mass is 220 g/mol. The Kier molecular flexibility index (Phi) is 2.52. The van der Waals surface area contributed by atoms with Crippen molar-refractivity contribution in [2.24, 2.45) is 0 Å². The van der Waals surface area contributed by atoms with Crippen molar-refractivity contribution in [2.75, 3.05) is 24.7 Å². The number of nitrogens with one attached hydrogen (secondary N) is 1. The average molecular weight is 220 g/mol. The molecular formula is C11H13FN4. The Labute approximate surface area is 92.9 Å². The van der Waals surface area contributed by atoms with Gasteiger partial charge in [0.1, 0.15) is 5.82 Å². The van der Waals surface area contributed by atoms with Crippen LogP contribution in [0.3, 0.4) is 0 Å². The fourth-order valence-corrected chi connectivity index (χ4v) is 1.60. The lowest BCUT2D eigenvalue weighted by atomic mass is 10.1. The molecule has 3 N–H and O–H groups in total. The lowest BCUT2D eigenvalue weighted by molar-refractivity contribution is 0.628. The Balaban J connectivity index is 2.61. The molecule has 16 heavy (non-hydrogen) atoms. The van der Waals surface area contributed by atoms with E-state index < -0.39 is 0 Å². The molecule has 2 aromatic rings. The highest BCUT2D eigenvalue weighted by Crippen LogP contribution is 2.32. The van der Waals surface area contributed by atoms with Crippen molar-refractivity contribution in [3.05, 3.63) is 30.2 Å². The van der Waals surface area contributed by atoms with Gasteiger partial charge in [-0.1, -0.05) is 0 Å². The van der Waals surface area contributed by atoms with Gasteiger partial charge in [-0.05, 0) is 18.2 Å². The summed E-state index contributed by atoms with van der Waals surface area (Å²) in [4.78, 5) is 1.83. The molecule has 0 unspecified atom stereocenters. The number of halogens is 1. The van der Waals surface area contributed by atoms with E-state index >= 15 is 0 Å². The molecule has 0 aliphatic carbocycles. The predicted octanol–water partition coefficient (Wildman–Crippen LogP) is 1.86. The standard InChI is InChI=1S/C11H13FN4/c1-16(2)10-5-7(12)3-4-8(10)11-9(13)6-14-15-11/h3-6H,13H2,1-2H3,(H,14,15). The summed E-state index contributed by atoms with van der Waals surface area (Å²) in [5.74, 6) is -0.273. The number of rotatable bonds is 2. The van der Waals surface area contributed by atoms with Crippen molar-refractivity contribution >= 4 is 11.4 Å². The summed E-state index contributed by atoms with van der Waals surface area (Å²) in [7, 11) is 3.70. The molecule has 0 amide bonds. The van der Waals surface area contributed by atoms with Crippen LogP contribution in [0.4, 0.5) is 15.8 Å². The van der Waals surface area contributed by atoms with Crippen molar-refractivity contribution in [2.45, 2.75) is 0 Å². The minimum atomic E-state index is -0.273. The first kappa shape index (κ1) is 10.5. The highest BCUT2D eigenvalue weighted by molar-refractivity contribution is 5.82. The van der Waals surface area contributed by atoms with Crippen molar-refractivity contribution in [1.29, 1.82) is 0 Å². The quantitative estimate of drug-likeness (QED) is 0.812. The third kappa shape index (κ3) is 1.71. The summed E-state index contributed by atoms with van der Waals surface area (Å²) in [5.41, 5.74) is 8.63. The van der Waals surface area contributed by atoms with E-state index in [1.165, 1.54) is 18.3 Å². The summed E-state index contributed by atoms with van der Waals surface area (Å²) >= 11 is 0. The second-order valence-electron chi connectivity index (χ2n) is 3.76. The van der Waals surface area contributed by atoms with E-state index in [0.717, 1.165) is 11.3 Å². The Morgan fingerprint density at radius 1 is 1.38 bits per heavy atom. The Morgan fingerprint density at radius 3 is 2.69 bits per heavy atom. The lowest BCUT2D eigenvalue weighted by Gasteiger charge is -2.17. The van der Waals surface area contributed by atoms with Gasteiger partial charge < -0.3 is 10.6 Å². The second-order valence-corrected chi connectivity index (χ2v) is 3.76. The van der Waals surface area contributed by atoms with Crippen LogP contribution >= 0.6 is 0 Å². The van der Waals surface area contributed by atoms with Gasteiger partial charge in [0, 0.05) is 25.3 Å². The number of nitrogens with two attached hydrogens (primary N) is 1. The zero-order valence-corrected chi connectivity index (χ0v) is 9.16. The van der Waals surface area contributed by atoms with Crippen molar-refractivity contribution in [3.63, 3.8) is 0 Å². The Hall–Kier alpha value is -2.04. The summed E-state index contributed by atoms with van der Waals surface area (Å²) < 4.78 is 13.2. The van der Waals surface area contributed by atoms with E-state index in [0.29, 0.717) is 11.4 Å². The predicted molar refractivity (Wildman–Crippen MR) is 62.7 cm³/mol. The number of aromatic nitrogens is 2. The normalized spacial score (nSPS) is 10.4. The van der Waals surface area contributed by atoms with Crippen molar-refractivity contribution < 1.29 is 4.39 Å². The van der Waals surface area contributed by atoms with Crippen molar-refractivity contribution in [1.82, 2.24) is 10.2 Å². The molecule has 0 saturated carbocycles. The van der Waals surface area contributed by atoms with Gasteiger partial charge in [0.25, 0.3) is 0 Å². The molecule has 0 spiro atoms. The van der Waals surface area contributed by atoms with E-state index in [1.54, 1.807) is 6.07 Å². The van der Waals surface area contributed by atoms with E-state index in [2.05, 4.69) is 10.2 Å². The second kappa shape index (κ2) is 3.84. The molecule has 0 saturated heterocycles. The zero-order valence-electron chi connectivity index (χ0n) is 9.16. The fourth-order valence-electron chi connectivity index (χ4n) is 1.60. The molecule has 1 heterocycles. The maximum Gasteiger partial charge on any atom is 0.125 e. The molecule has 1 aromatic carbocycles. The first-order chi connectivity index (χ1) is 7.59. The van der Waals surface area contributed by atoms with Gasteiger partial charge in [-0.25, -0.2) is 4.39 Å². The molecule has 1 aromatic heterocycles. The first-order valence-corrected chi connectivity index (χ1v) is 4.85. The SMILES string of the molecule is CN(C)c1cc(F)ccc1-c1[nH]ncc1N. The van der Waals surface area contributed by atoms with Gasteiger partial charge in [0.15, 0.2) is 0 Å². The van der Waals surface area contributed by atoms with Crippen LogP contribution in [0.1, 0.15) is 0 Å². The molecule has 0 fully saturated rings. The van der Waals surface area contributed by atoms with E-state index in [9.17, 15) is 4.39 Å². The van der Waals surface area contributed by atoms with Gasteiger partial charge in [-0.3, -0.25) is 5.10 Å². The highest BCUT2D eigenvalue weighted by Gasteiger charge is 2.12. The van der Waals surface area contributed by atoms with E-state index in [1.807, 2.05) is 19.0 Å². The van der Waals surface area contributed by atoms with Crippen LogP contribution in [0.15, 0.2) is 24.4 Å². The van der Waals surface area contributed by atoms with Gasteiger partial charge in [0.2, 0.25) is 0 Å². The van der Waals surface area contributed by atoms with Crippen molar-refractivity contribution in [3.8, 4) is 11.3 Å². The van der Waals surface area contributed by atoms with Gasteiger partial charge in [-0.2, -0.15) is 5.10 Å². The minimum absolute atomic E-state index is 0.273. The average Bonchev–Trinajstić information content (AvgIpc) is 2.64. The molecule has 0 bridgehead atoms. The lowest BCUT2D eigenvalue weighted by Crippen LogP contribution is -2.10. The first-order valence-electron chi connectivity index (χ1n) is 4.85. The molecule has 4 nitrogen and oxygen atoms in total. The molecule has 0 aliphatic heterocycles. The maximum absolute atomic E-state index is 13.2. The fraction of sp³-hybridized carbons (Fsp3) is 0.182.